The summed E-state index contributed by atoms with van der Waals surface area (Å²) in [7, 11) is 1.43. The average Bonchev–Trinajstić information content (AvgIpc) is 2.45. The highest BCUT2D eigenvalue weighted by atomic mass is 19.4. The number of methoxy groups -OCH3 is 1. The van der Waals surface area contributed by atoms with Gasteiger partial charge in [0.15, 0.2) is 0 Å². The van der Waals surface area contributed by atoms with E-state index < -0.39 is 36.2 Å². The molecule has 2 amide bonds. The van der Waals surface area contributed by atoms with Crippen molar-refractivity contribution >= 4 is 12.0 Å². The molecule has 3 N–H and O–H groups in total. The lowest BCUT2D eigenvalue weighted by molar-refractivity contribution is -0.138. The van der Waals surface area contributed by atoms with Gasteiger partial charge in [-0.2, -0.15) is 13.2 Å². The Morgan fingerprint density at radius 3 is 2.52 bits per heavy atom. The Bertz CT molecular complexity index is 549. The van der Waals surface area contributed by atoms with E-state index in [4.69, 9.17) is 9.84 Å². The number of carbonyl (C=O) groups excluding carboxylic acids is 1. The van der Waals surface area contributed by atoms with Crippen LogP contribution < -0.4 is 10.6 Å². The first kappa shape index (κ1) is 18.8. The fourth-order valence-corrected chi connectivity index (χ4v) is 2.00. The molecule has 6 nitrogen and oxygen atoms in total. The first-order chi connectivity index (χ1) is 10.8. The van der Waals surface area contributed by atoms with Crippen LogP contribution >= 0.6 is 0 Å². The summed E-state index contributed by atoms with van der Waals surface area (Å²) in [5.41, 5.74) is -1.28. The van der Waals surface area contributed by atoms with Gasteiger partial charge in [-0.25, -0.2) is 4.79 Å². The monoisotopic (exact) mass is 334 g/mol. The summed E-state index contributed by atoms with van der Waals surface area (Å²) in [6.07, 6.45) is -6.62. The van der Waals surface area contributed by atoms with Crippen molar-refractivity contribution in [2.45, 2.75) is 18.6 Å². The lowest BCUT2D eigenvalue weighted by Crippen LogP contribution is -2.35. The number of ether oxygens (including phenoxy) is 1. The van der Waals surface area contributed by atoms with Gasteiger partial charge in [-0.1, -0.05) is 18.2 Å². The lowest BCUT2D eigenvalue weighted by Gasteiger charge is -2.21. The van der Waals surface area contributed by atoms with Crippen molar-refractivity contribution in [1.82, 2.24) is 10.6 Å². The molecule has 0 bridgehead atoms. The summed E-state index contributed by atoms with van der Waals surface area (Å²) < 4.78 is 43.9. The topological polar surface area (TPSA) is 87.7 Å². The molecule has 0 spiro atoms. The van der Waals surface area contributed by atoms with Gasteiger partial charge in [0.2, 0.25) is 5.91 Å². The standard InChI is InChI=1S/C14H17F3N2O4/c1-23-7-6-18-12(20)8-11(19-13(21)22)9-4-2-3-5-10(9)14(15,16)17/h2-5,11,19H,6-8H2,1H3,(H,18,20)(H,21,22)/t11-/m0/s1. The van der Waals surface area contributed by atoms with Crippen molar-refractivity contribution in [3.8, 4) is 0 Å². The molecule has 0 fully saturated rings. The van der Waals surface area contributed by atoms with E-state index in [1.54, 1.807) is 0 Å². The predicted octanol–water partition coefficient (Wildman–Crippen LogP) is 2.17. The molecule has 0 radical (unpaired) electrons. The second-order valence-electron chi connectivity index (χ2n) is 4.63. The molecule has 0 unspecified atom stereocenters. The maximum absolute atomic E-state index is 13.0. The Hall–Kier alpha value is -2.29. The minimum atomic E-state index is -4.65. The van der Waals surface area contributed by atoms with E-state index in [1.165, 1.54) is 19.2 Å². The number of benzene rings is 1. The van der Waals surface area contributed by atoms with Gasteiger partial charge in [-0.3, -0.25) is 4.79 Å². The summed E-state index contributed by atoms with van der Waals surface area (Å²) in [6, 6.07) is 3.22. The molecule has 1 aromatic rings. The minimum absolute atomic E-state index is 0.177. The Morgan fingerprint density at radius 2 is 1.96 bits per heavy atom. The van der Waals surface area contributed by atoms with Crippen molar-refractivity contribution in [3.05, 3.63) is 35.4 Å². The van der Waals surface area contributed by atoms with Gasteiger partial charge < -0.3 is 20.5 Å². The number of carbonyl (C=O) groups is 2. The van der Waals surface area contributed by atoms with Crippen LogP contribution in [0.5, 0.6) is 0 Å². The number of halogens is 3. The lowest BCUT2D eigenvalue weighted by atomic mass is 9.97. The van der Waals surface area contributed by atoms with Gasteiger partial charge in [-0.05, 0) is 11.6 Å². The number of nitrogens with one attached hydrogen (secondary N) is 2. The molecule has 0 heterocycles. The van der Waals surface area contributed by atoms with Crippen LogP contribution in [-0.2, 0) is 15.7 Å². The SMILES string of the molecule is COCCNC(=O)C[C@H](NC(=O)O)c1ccccc1C(F)(F)F. The highest BCUT2D eigenvalue weighted by Gasteiger charge is 2.35. The minimum Gasteiger partial charge on any atom is -0.465 e. The third-order valence-corrected chi connectivity index (χ3v) is 2.96. The molecule has 0 aromatic heterocycles. The molecule has 23 heavy (non-hydrogen) atoms. The van der Waals surface area contributed by atoms with Crippen molar-refractivity contribution in [2.75, 3.05) is 20.3 Å². The Labute approximate surface area is 130 Å². The van der Waals surface area contributed by atoms with Gasteiger partial charge in [0.1, 0.15) is 0 Å². The number of amides is 2. The van der Waals surface area contributed by atoms with Crippen LogP contribution in [0.1, 0.15) is 23.6 Å². The van der Waals surface area contributed by atoms with Gasteiger partial charge >= 0.3 is 12.3 Å². The third-order valence-electron chi connectivity index (χ3n) is 2.96. The second-order valence-corrected chi connectivity index (χ2v) is 4.63. The maximum Gasteiger partial charge on any atom is 0.416 e. The van der Waals surface area contributed by atoms with Crippen molar-refractivity contribution in [1.29, 1.82) is 0 Å². The van der Waals surface area contributed by atoms with Gasteiger partial charge in [0.25, 0.3) is 0 Å². The normalized spacial score (nSPS) is 12.5. The summed E-state index contributed by atoms with van der Waals surface area (Å²) in [6.45, 7) is 0.415. The maximum atomic E-state index is 13.0. The van der Waals surface area contributed by atoms with Crippen LogP contribution in [0.2, 0.25) is 0 Å². The molecule has 1 aromatic carbocycles. The number of hydrogen-bond acceptors (Lipinski definition) is 3. The highest BCUT2D eigenvalue weighted by Crippen LogP contribution is 2.35. The molecule has 0 saturated carbocycles. The van der Waals surface area contributed by atoms with Gasteiger partial charge in [-0.15, -0.1) is 0 Å². The van der Waals surface area contributed by atoms with E-state index in [9.17, 15) is 22.8 Å². The van der Waals surface area contributed by atoms with E-state index in [0.29, 0.717) is 0 Å². The quantitative estimate of drug-likeness (QED) is 0.667. The van der Waals surface area contributed by atoms with Crippen LogP contribution in [0.3, 0.4) is 0 Å². The Morgan fingerprint density at radius 1 is 1.30 bits per heavy atom. The predicted molar refractivity (Wildman–Crippen MR) is 74.8 cm³/mol. The number of alkyl halides is 3. The van der Waals surface area contributed by atoms with Crippen molar-refractivity contribution in [2.24, 2.45) is 0 Å². The fraction of sp³-hybridized carbons (Fsp3) is 0.429. The average molecular weight is 334 g/mol. The molecule has 1 atom stereocenters. The molecule has 0 aliphatic heterocycles. The molecule has 9 heteroatoms. The van der Waals surface area contributed by atoms with E-state index >= 15 is 0 Å². The molecule has 1 rings (SSSR count). The smallest absolute Gasteiger partial charge is 0.416 e. The molecule has 0 aliphatic carbocycles. The number of hydrogen-bond donors (Lipinski definition) is 3. The van der Waals surface area contributed by atoms with Crippen LogP contribution in [0.15, 0.2) is 24.3 Å². The second kappa shape index (κ2) is 8.37. The zero-order valence-electron chi connectivity index (χ0n) is 12.3. The van der Waals surface area contributed by atoms with Crippen LogP contribution in [0, 0.1) is 0 Å². The van der Waals surface area contributed by atoms with Crippen molar-refractivity contribution < 1.29 is 32.6 Å². The molecule has 128 valence electrons. The summed E-state index contributed by atoms with van der Waals surface area (Å²) >= 11 is 0. The Balaban J connectivity index is 2.99. The van der Waals surface area contributed by atoms with Crippen LogP contribution in [-0.4, -0.2) is 37.4 Å². The summed E-state index contributed by atoms with van der Waals surface area (Å²) in [5, 5.41) is 13.2. The zero-order chi connectivity index (χ0) is 17.5. The molecule has 0 saturated heterocycles. The van der Waals surface area contributed by atoms with E-state index in [1.807, 2.05) is 5.32 Å². The number of rotatable bonds is 7. The summed E-state index contributed by atoms with van der Waals surface area (Å²) in [4.78, 5) is 22.6. The Kier molecular flexibility index (Phi) is 6.83. The van der Waals surface area contributed by atoms with Gasteiger partial charge in [0, 0.05) is 13.7 Å². The number of carboxylic acid groups (broad SMARTS) is 1. The fourth-order valence-electron chi connectivity index (χ4n) is 2.00. The van der Waals surface area contributed by atoms with Crippen LogP contribution in [0.25, 0.3) is 0 Å². The third kappa shape index (κ3) is 6.15. The van der Waals surface area contributed by atoms with Crippen LogP contribution in [0.4, 0.5) is 18.0 Å². The zero-order valence-corrected chi connectivity index (χ0v) is 12.3. The van der Waals surface area contributed by atoms with E-state index in [-0.39, 0.29) is 18.7 Å². The highest BCUT2D eigenvalue weighted by molar-refractivity contribution is 5.78. The summed E-state index contributed by atoms with van der Waals surface area (Å²) in [5.74, 6) is -0.585. The van der Waals surface area contributed by atoms with E-state index in [0.717, 1.165) is 12.1 Å². The molecular weight excluding hydrogens is 317 g/mol. The first-order valence-electron chi connectivity index (χ1n) is 6.67. The van der Waals surface area contributed by atoms with E-state index in [2.05, 4.69) is 5.32 Å². The molecular formula is C14H17F3N2O4. The first-order valence-corrected chi connectivity index (χ1v) is 6.67. The van der Waals surface area contributed by atoms with Gasteiger partial charge in [0.05, 0.1) is 24.6 Å². The molecule has 0 aliphatic rings. The van der Waals surface area contributed by atoms with Crippen molar-refractivity contribution in [3.63, 3.8) is 0 Å². The largest absolute Gasteiger partial charge is 0.465 e.